The second-order valence-electron chi connectivity index (χ2n) is 2.70. The van der Waals surface area contributed by atoms with Gasteiger partial charge in [-0.05, 0) is 19.0 Å². The maximum atomic E-state index is 12.0. The van der Waals surface area contributed by atoms with E-state index >= 15 is 0 Å². The Morgan fingerprint density at radius 3 is 2.38 bits per heavy atom. The predicted molar refractivity (Wildman–Crippen MR) is 41.6 cm³/mol. The van der Waals surface area contributed by atoms with Gasteiger partial charge < -0.3 is 9.53 Å². The highest BCUT2D eigenvalue weighted by molar-refractivity contribution is 6.48. The Hall–Kier alpha value is -0.143. The molecule has 0 aliphatic heterocycles. The molecule has 0 bridgehead atoms. The fraction of sp³-hybridized carbons (Fsp3) is 1.00. The zero-order chi connectivity index (χ0) is 10.5. The summed E-state index contributed by atoms with van der Waals surface area (Å²) in [5.74, 6) is 0. The molecule has 0 saturated heterocycles. The smallest absolute Gasteiger partial charge is 0.416 e. The van der Waals surface area contributed by atoms with Crippen LogP contribution in [0.3, 0.4) is 0 Å². The van der Waals surface area contributed by atoms with Gasteiger partial charge >= 0.3 is 12.5 Å². The lowest BCUT2D eigenvalue weighted by atomic mass is 10.5. The second kappa shape index (κ2) is 5.56. The van der Waals surface area contributed by atoms with E-state index in [1.165, 1.54) is 0 Å². The Morgan fingerprint density at radius 1 is 1.46 bits per heavy atom. The third kappa shape index (κ3) is 6.00. The van der Waals surface area contributed by atoms with Crippen molar-refractivity contribution >= 4 is 9.04 Å². The highest BCUT2D eigenvalue weighted by Crippen LogP contribution is 2.24. The van der Waals surface area contributed by atoms with E-state index in [-0.39, 0.29) is 6.42 Å². The summed E-state index contributed by atoms with van der Waals surface area (Å²) < 4.78 is 50.7. The van der Waals surface area contributed by atoms with Crippen molar-refractivity contribution in [3.05, 3.63) is 0 Å². The first kappa shape index (κ1) is 12.9. The summed E-state index contributed by atoms with van der Waals surface area (Å²) >= 11 is 0. The summed E-state index contributed by atoms with van der Waals surface area (Å²) in [6, 6.07) is 0.388. The molecular formula is C6H12F4O2Si. The van der Waals surface area contributed by atoms with E-state index in [2.05, 4.69) is 4.74 Å². The second-order valence-corrected chi connectivity index (χ2v) is 4.98. The Morgan fingerprint density at radius 2 is 2.00 bits per heavy atom. The van der Waals surface area contributed by atoms with Gasteiger partial charge in [-0.2, -0.15) is 8.78 Å². The van der Waals surface area contributed by atoms with E-state index in [4.69, 9.17) is 4.80 Å². The van der Waals surface area contributed by atoms with Crippen LogP contribution in [-0.2, 0) is 4.74 Å². The minimum absolute atomic E-state index is 0.187. The molecule has 0 rings (SSSR count). The first-order valence-electron chi connectivity index (χ1n) is 3.84. The van der Waals surface area contributed by atoms with Crippen LogP contribution < -0.4 is 0 Å². The third-order valence-corrected chi connectivity index (χ3v) is 2.56. The van der Waals surface area contributed by atoms with E-state index in [0.717, 1.165) is 0 Å². The van der Waals surface area contributed by atoms with Gasteiger partial charge in [-0.3, -0.25) is 0 Å². The molecule has 0 spiro atoms. The molecule has 0 saturated carbocycles. The van der Waals surface area contributed by atoms with Gasteiger partial charge in [-0.25, -0.2) is 8.78 Å². The Bertz CT molecular complexity index is 143. The zero-order valence-electron chi connectivity index (χ0n) is 7.14. The van der Waals surface area contributed by atoms with Gasteiger partial charge in [0.25, 0.3) is 0 Å². The summed E-state index contributed by atoms with van der Waals surface area (Å²) in [5, 5.41) is 0. The van der Waals surface area contributed by atoms with Crippen LogP contribution in [0.25, 0.3) is 0 Å². The van der Waals surface area contributed by atoms with Crippen molar-refractivity contribution in [1.82, 2.24) is 0 Å². The molecule has 7 heteroatoms. The van der Waals surface area contributed by atoms with E-state index in [9.17, 15) is 17.6 Å². The standard InChI is InChI=1S/C6H12F4O2Si/c1-13(11)4-2-3-12-6(9,10)5(7)8/h5,11,13H,2-4H2,1H3. The molecule has 80 valence electrons. The molecule has 0 fully saturated rings. The summed E-state index contributed by atoms with van der Waals surface area (Å²) in [4.78, 5) is 8.84. The Kier molecular flexibility index (Phi) is 5.50. The van der Waals surface area contributed by atoms with Gasteiger partial charge in [0.2, 0.25) is 0 Å². The number of hydrogen-bond donors (Lipinski definition) is 1. The predicted octanol–water partition coefficient (Wildman–Crippen LogP) is 1.60. The van der Waals surface area contributed by atoms with Crippen LogP contribution in [0.1, 0.15) is 6.42 Å². The molecule has 1 atom stereocenters. The fourth-order valence-corrected chi connectivity index (χ4v) is 1.41. The molecule has 0 aromatic heterocycles. The van der Waals surface area contributed by atoms with Crippen LogP contribution in [-0.4, -0.2) is 33.0 Å². The number of ether oxygens (including phenoxy) is 1. The molecule has 0 heterocycles. The summed E-state index contributed by atoms with van der Waals surface area (Å²) in [5.41, 5.74) is 0. The fourth-order valence-electron chi connectivity index (χ4n) is 0.650. The molecule has 2 nitrogen and oxygen atoms in total. The highest BCUT2D eigenvalue weighted by Gasteiger charge is 2.41. The maximum absolute atomic E-state index is 12.0. The molecule has 1 unspecified atom stereocenters. The van der Waals surface area contributed by atoms with E-state index < -0.39 is 28.2 Å². The lowest BCUT2D eigenvalue weighted by Gasteiger charge is -2.15. The molecule has 1 N–H and O–H groups in total. The van der Waals surface area contributed by atoms with Gasteiger partial charge in [0.05, 0.1) is 6.61 Å². The lowest BCUT2D eigenvalue weighted by Crippen LogP contribution is -2.30. The summed E-state index contributed by atoms with van der Waals surface area (Å²) in [6.07, 6.45) is -7.97. The highest BCUT2D eigenvalue weighted by atomic mass is 28.3. The van der Waals surface area contributed by atoms with Crippen LogP contribution >= 0.6 is 0 Å². The van der Waals surface area contributed by atoms with Gasteiger partial charge in [0, 0.05) is 0 Å². The van der Waals surface area contributed by atoms with Gasteiger partial charge in [0.1, 0.15) is 0 Å². The van der Waals surface area contributed by atoms with Crippen molar-refractivity contribution in [3.8, 4) is 0 Å². The monoisotopic (exact) mass is 220 g/mol. The zero-order valence-corrected chi connectivity index (χ0v) is 8.30. The van der Waals surface area contributed by atoms with Crippen LogP contribution in [0.15, 0.2) is 0 Å². The van der Waals surface area contributed by atoms with Crippen molar-refractivity contribution in [3.63, 3.8) is 0 Å². The quantitative estimate of drug-likeness (QED) is 0.418. The van der Waals surface area contributed by atoms with Crippen LogP contribution in [0.4, 0.5) is 17.6 Å². The van der Waals surface area contributed by atoms with Crippen molar-refractivity contribution in [1.29, 1.82) is 0 Å². The van der Waals surface area contributed by atoms with Gasteiger partial charge in [-0.15, -0.1) is 0 Å². The molecule has 0 aromatic rings. The van der Waals surface area contributed by atoms with Crippen molar-refractivity contribution < 1.29 is 27.1 Å². The van der Waals surface area contributed by atoms with Crippen LogP contribution in [0.2, 0.25) is 12.6 Å². The molecule has 13 heavy (non-hydrogen) atoms. The van der Waals surface area contributed by atoms with Crippen molar-refractivity contribution in [2.24, 2.45) is 0 Å². The lowest BCUT2D eigenvalue weighted by molar-refractivity contribution is -0.300. The van der Waals surface area contributed by atoms with E-state index in [1.807, 2.05) is 0 Å². The van der Waals surface area contributed by atoms with E-state index in [0.29, 0.717) is 6.04 Å². The Labute approximate surface area is 75.2 Å². The van der Waals surface area contributed by atoms with E-state index in [1.54, 1.807) is 6.55 Å². The normalized spacial score (nSPS) is 15.0. The van der Waals surface area contributed by atoms with Crippen molar-refractivity contribution in [2.75, 3.05) is 6.61 Å². The first-order chi connectivity index (χ1) is 5.86. The average Bonchev–Trinajstić information content (AvgIpc) is 1.97. The minimum Gasteiger partial charge on any atom is -0.435 e. The molecule has 0 radical (unpaired) electrons. The number of rotatable bonds is 6. The third-order valence-electron chi connectivity index (χ3n) is 1.31. The molecule has 0 aromatic carbocycles. The number of hydrogen-bond acceptors (Lipinski definition) is 2. The Balaban J connectivity index is 3.52. The van der Waals surface area contributed by atoms with Crippen molar-refractivity contribution in [2.45, 2.75) is 31.5 Å². The minimum atomic E-state index is -4.36. The average molecular weight is 220 g/mol. The molecule has 0 aliphatic carbocycles. The molecular weight excluding hydrogens is 208 g/mol. The number of halogens is 4. The molecule has 0 aliphatic rings. The van der Waals surface area contributed by atoms with Gasteiger partial charge in [-0.1, -0.05) is 0 Å². The summed E-state index contributed by atoms with van der Waals surface area (Å²) in [6.45, 7) is 1.17. The van der Waals surface area contributed by atoms with Crippen LogP contribution in [0.5, 0.6) is 0 Å². The first-order valence-corrected chi connectivity index (χ1v) is 6.33. The largest absolute Gasteiger partial charge is 0.435 e. The molecule has 0 amide bonds. The van der Waals surface area contributed by atoms with Gasteiger partial charge in [0.15, 0.2) is 9.04 Å². The summed E-state index contributed by atoms with van der Waals surface area (Å²) in [7, 11) is -1.79. The maximum Gasteiger partial charge on any atom is 0.416 e. The van der Waals surface area contributed by atoms with Crippen LogP contribution in [0, 0.1) is 0 Å². The topological polar surface area (TPSA) is 29.5 Å². The number of alkyl halides is 4. The SMILES string of the molecule is C[SiH](O)CCCOC(F)(F)C(F)F.